The molecule has 0 radical (unpaired) electrons. The summed E-state index contributed by atoms with van der Waals surface area (Å²) < 4.78 is 10.3. The predicted molar refractivity (Wildman–Crippen MR) is 71.4 cm³/mol. The Hall–Kier alpha value is -1.78. The normalized spacial score (nSPS) is 11.3. The molecule has 106 valence electrons. The van der Waals surface area contributed by atoms with Crippen LogP contribution in [-0.2, 0) is 9.47 Å². The van der Waals surface area contributed by atoms with Crippen LogP contribution in [-0.4, -0.2) is 29.1 Å². The van der Waals surface area contributed by atoms with Gasteiger partial charge in [0.25, 0.3) is 0 Å². The van der Waals surface area contributed by atoms with E-state index in [1.54, 1.807) is 41.5 Å². The van der Waals surface area contributed by atoms with E-state index in [0.717, 1.165) is 0 Å². The second-order valence-electron chi connectivity index (χ2n) is 5.35. The van der Waals surface area contributed by atoms with E-state index in [4.69, 9.17) is 9.47 Å². The molecular weight excluding hydrogens is 246 g/mol. The first kappa shape index (κ1) is 15.3. The van der Waals surface area contributed by atoms with Gasteiger partial charge in [0, 0.05) is 5.69 Å². The molecule has 1 aromatic heterocycles. The Kier molecular flexibility index (Phi) is 4.39. The van der Waals surface area contributed by atoms with Gasteiger partial charge in [-0.3, -0.25) is 0 Å². The molecule has 0 fully saturated rings. The van der Waals surface area contributed by atoms with Crippen LogP contribution in [0.15, 0.2) is 0 Å². The highest BCUT2D eigenvalue weighted by Crippen LogP contribution is 2.22. The predicted octanol–water partition coefficient (Wildman–Crippen LogP) is 2.76. The van der Waals surface area contributed by atoms with Crippen LogP contribution in [0.5, 0.6) is 0 Å². The lowest BCUT2D eigenvalue weighted by Gasteiger charge is -2.19. The summed E-state index contributed by atoms with van der Waals surface area (Å²) in [6, 6.07) is 0. The maximum absolute atomic E-state index is 12.1. The molecule has 5 heteroatoms. The van der Waals surface area contributed by atoms with Crippen molar-refractivity contribution in [1.29, 1.82) is 0 Å². The van der Waals surface area contributed by atoms with Crippen molar-refractivity contribution in [3.63, 3.8) is 0 Å². The molecule has 5 nitrogen and oxygen atoms in total. The summed E-state index contributed by atoms with van der Waals surface area (Å²) in [5, 5.41) is 0. The molecule has 0 saturated heterocycles. The fraction of sp³-hybridized carbons (Fsp3) is 0.571. The number of ether oxygens (including phenoxy) is 2. The van der Waals surface area contributed by atoms with Gasteiger partial charge >= 0.3 is 11.9 Å². The van der Waals surface area contributed by atoms with Crippen molar-refractivity contribution in [2.75, 3.05) is 6.61 Å². The summed E-state index contributed by atoms with van der Waals surface area (Å²) >= 11 is 0. The fourth-order valence-electron chi connectivity index (χ4n) is 1.79. The van der Waals surface area contributed by atoms with Crippen molar-refractivity contribution in [3.05, 3.63) is 22.5 Å². The molecular formula is C14H21NO4. The second-order valence-corrected chi connectivity index (χ2v) is 5.35. The lowest BCUT2D eigenvalue weighted by molar-refractivity contribution is 0.00682. The summed E-state index contributed by atoms with van der Waals surface area (Å²) in [7, 11) is 0. The molecule has 0 saturated carbocycles. The first-order valence-corrected chi connectivity index (χ1v) is 6.27. The number of carbonyl (C=O) groups excluding carboxylic acids is 2. The Morgan fingerprint density at radius 2 is 1.74 bits per heavy atom. The first-order chi connectivity index (χ1) is 8.67. The molecule has 1 heterocycles. The van der Waals surface area contributed by atoms with Crippen molar-refractivity contribution in [2.24, 2.45) is 0 Å². The Balaban J connectivity index is 3.10. The molecule has 1 N–H and O–H groups in total. The minimum atomic E-state index is -0.572. The van der Waals surface area contributed by atoms with Crippen molar-refractivity contribution >= 4 is 11.9 Å². The molecule has 0 amide bonds. The van der Waals surface area contributed by atoms with Crippen molar-refractivity contribution in [2.45, 2.75) is 47.1 Å². The van der Waals surface area contributed by atoms with Gasteiger partial charge in [0.15, 0.2) is 0 Å². The number of aryl methyl sites for hydroxylation is 1. The van der Waals surface area contributed by atoms with Crippen LogP contribution in [0.25, 0.3) is 0 Å². The number of aromatic nitrogens is 1. The number of esters is 2. The zero-order chi connectivity index (χ0) is 14.8. The summed E-state index contributed by atoms with van der Waals surface area (Å²) in [4.78, 5) is 26.7. The van der Waals surface area contributed by atoms with E-state index in [-0.39, 0.29) is 6.61 Å². The van der Waals surface area contributed by atoms with Crippen LogP contribution in [0.1, 0.15) is 59.8 Å². The molecule has 0 aliphatic rings. The van der Waals surface area contributed by atoms with Gasteiger partial charge in [0.05, 0.1) is 12.2 Å². The summed E-state index contributed by atoms with van der Waals surface area (Å²) in [6.07, 6.45) is 0. The van der Waals surface area contributed by atoms with Crippen LogP contribution in [0.4, 0.5) is 0 Å². The Morgan fingerprint density at radius 1 is 1.16 bits per heavy atom. The molecule has 0 spiro atoms. The lowest BCUT2D eigenvalue weighted by Crippen LogP contribution is -2.24. The minimum absolute atomic E-state index is 0.290. The molecule has 1 rings (SSSR count). The highest BCUT2D eigenvalue weighted by Gasteiger charge is 2.26. The summed E-state index contributed by atoms with van der Waals surface area (Å²) in [6.45, 7) is 10.9. The maximum atomic E-state index is 12.1. The third-order valence-electron chi connectivity index (χ3n) is 2.52. The average molecular weight is 267 g/mol. The van der Waals surface area contributed by atoms with Gasteiger partial charge in [-0.15, -0.1) is 0 Å². The van der Waals surface area contributed by atoms with Gasteiger partial charge < -0.3 is 14.5 Å². The molecule has 0 atom stereocenters. The number of carbonyl (C=O) groups is 2. The van der Waals surface area contributed by atoms with Crippen LogP contribution in [0, 0.1) is 13.8 Å². The second kappa shape index (κ2) is 5.47. The largest absolute Gasteiger partial charge is 0.461 e. The molecule has 0 bridgehead atoms. The number of aromatic amines is 1. The van der Waals surface area contributed by atoms with E-state index >= 15 is 0 Å². The van der Waals surface area contributed by atoms with Crippen molar-refractivity contribution < 1.29 is 19.1 Å². The Bertz CT molecular complexity index is 494. The van der Waals surface area contributed by atoms with E-state index in [2.05, 4.69) is 4.98 Å². The topological polar surface area (TPSA) is 68.4 Å². The Morgan fingerprint density at radius 3 is 2.21 bits per heavy atom. The van der Waals surface area contributed by atoms with E-state index < -0.39 is 17.5 Å². The van der Waals surface area contributed by atoms with Gasteiger partial charge in [0.2, 0.25) is 0 Å². The number of H-pyrrole nitrogens is 1. The number of nitrogens with one attached hydrogen (secondary N) is 1. The molecule has 0 aliphatic heterocycles. The Labute approximate surface area is 113 Å². The van der Waals surface area contributed by atoms with Crippen LogP contribution in [0.2, 0.25) is 0 Å². The average Bonchev–Trinajstić information content (AvgIpc) is 2.52. The van der Waals surface area contributed by atoms with Crippen molar-refractivity contribution in [1.82, 2.24) is 4.98 Å². The van der Waals surface area contributed by atoms with Gasteiger partial charge in [0.1, 0.15) is 11.3 Å². The maximum Gasteiger partial charge on any atom is 0.355 e. The molecule has 0 aromatic carbocycles. The zero-order valence-corrected chi connectivity index (χ0v) is 12.3. The van der Waals surface area contributed by atoms with Crippen LogP contribution >= 0.6 is 0 Å². The van der Waals surface area contributed by atoms with Gasteiger partial charge in [-0.05, 0) is 47.1 Å². The summed E-state index contributed by atoms with van der Waals surface area (Å²) in [5.41, 5.74) is 1.30. The third-order valence-corrected chi connectivity index (χ3v) is 2.52. The lowest BCUT2D eigenvalue weighted by atomic mass is 10.1. The quantitative estimate of drug-likeness (QED) is 0.855. The van der Waals surface area contributed by atoms with E-state index in [1.165, 1.54) is 0 Å². The van der Waals surface area contributed by atoms with Gasteiger partial charge in [-0.25, -0.2) is 9.59 Å². The standard InChI is InChI=1S/C14H21NO4/c1-7-18-13(17)11-8(2)10(9(3)15-11)12(16)19-14(4,5)6/h15H,7H2,1-6H3. The minimum Gasteiger partial charge on any atom is -0.461 e. The number of hydrogen-bond donors (Lipinski definition) is 1. The molecule has 19 heavy (non-hydrogen) atoms. The number of rotatable bonds is 3. The van der Waals surface area contributed by atoms with E-state index in [1.807, 2.05) is 0 Å². The molecule has 0 aliphatic carbocycles. The van der Waals surface area contributed by atoms with Crippen molar-refractivity contribution in [3.8, 4) is 0 Å². The first-order valence-electron chi connectivity index (χ1n) is 6.27. The van der Waals surface area contributed by atoms with E-state index in [0.29, 0.717) is 22.5 Å². The molecule has 1 aromatic rings. The zero-order valence-electron chi connectivity index (χ0n) is 12.3. The van der Waals surface area contributed by atoms with Crippen LogP contribution < -0.4 is 0 Å². The molecule has 0 unspecified atom stereocenters. The van der Waals surface area contributed by atoms with E-state index in [9.17, 15) is 9.59 Å². The monoisotopic (exact) mass is 267 g/mol. The van der Waals surface area contributed by atoms with Crippen LogP contribution in [0.3, 0.4) is 0 Å². The summed E-state index contributed by atoms with van der Waals surface area (Å²) in [5.74, 6) is -0.896. The SMILES string of the molecule is CCOC(=O)c1[nH]c(C)c(C(=O)OC(C)(C)C)c1C. The number of hydrogen-bond acceptors (Lipinski definition) is 4. The van der Waals surface area contributed by atoms with Gasteiger partial charge in [-0.2, -0.15) is 0 Å². The highest BCUT2D eigenvalue weighted by molar-refractivity contribution is 5.98. The highest BCUT2D eigenvalue weighted by atomic mass is 16.6. The fourth-order valence-corrected chi connectivity index (χ4v) is 1.79. The third kappa shape index (κ3) is 3.59. The smallest absolute Gasteiger partial charge is 0.355 e. The van der Waals surface area contributed by atoms with Gasteiger partial charge in [-0.1, -0.05) is 0 Å².